The second kappa shape index (κ2) is 2.78. The molecule has 66 valence electrons. The zero-order chi connectivity index (χ0) is 9.26. The molecule has 0 atom stereocenters. The van der Waals surface area contributed by atoms with Crippen LogP contribution in [-0.4, -0.2) is 4.92 Å². The van der Waals surface area contributed by atoms with Gasteiger partial charge in [-0.3, -0.25) is 10.1 Å². The van der Waals surface area contributed by atoms with Gasteiger partial charge < -0.3 is 10.6 Å². The zero-order valence-electron chi connectivity index (χ0n) is 6.65. The number of nitro groups is 1. The Morgan fingerprint density at radius 2 is 1.85 bits per heavy atom. The van der Waals surface area contributed by atoms with Gasteiger partial charge in [-0.05, 0) is 6.07 Å². The number of hydrogen-bond acceptors (Lipinski definition) is 4. The van der Waals surface area contributed by atoms with Crippen molar-refractivity contribution in [2.75, 3.05) is 10.6 Å². The maximum atomic E-state index is 10.4. The molecule has 1 aliphatic rings. The van der Waals surface area contributed by atoms with Crippen LogP contribution < -0.4 is 10.6 Å². The van der Waals surface area contributed by atoms with E-state index in [9.17, 15) is 10.1 Å². The summed E-state index contributed by atoms with van der Waals surface area (Å²) in [5.74, 6) is 0. The average molecular weight is 177 g/mol. The standard InChI is InChI=1S/C8H7N3O2/c12-11(13)6-1-2-7-8(5-6)10-4-3-9-7/h1-5,9-10H. The van der Waals surface area contributed by atoms with Crippen molar-refractivity contribution >= 4 is 17.1 Å². The number of benzene rings is 1. The molecule has 1 aromatic carbocycles. The van der Waals surface area contributed by atoms with Crippen LogP contribution in [0, 0.1) is 10.1 Å². The molecule has 0 aromatic heterocycles. The fourth-order valence-corrected chi connectivity index (χ4v) is 1.15. The first-order valence-corrected chi connectivity index (χ1v) is 3.74. The van der Waals surface area contributed by atoms with E-state index in [1.54, 1.807) is 18.5 Å². The van der Waals surface area contributed by atoms with Crippen LogP contribution in [-0.2, 0) is 0 Å². The van der Waals surface area contributed by atoms with Gasteiger partial charge in [0.25, 0.3) is 5.69 Å². The van der Waals surface area contributed by atoms with Crippen molar-refractivity contribution in [3.8, 4) is 0 Å². The molecular weight excluding hydrogens is 170 g/mol. The third kappa shape index (κ3) is 1.31. The summed E-state index contributed by atoms with van der Waals surface area (Å²) >= 11 is 0. The minimum absolute atomic E-state index is 0.0864. The Morgan fingerprint density at radius 1 is 1.15 bits per heavy atom. The minimum Gasteiger partial charge on any atom is -0.359 e. The van der Waals surface area contributed by atoms with Crippen LogP contribution in [0.3, 0.4) is 0 Å². The molecule has 1 heterocycles. The lowest BCUT2D eigenvalue weighted by Crippen LogP contribution is -2.02. The molecular formula is C8H7N3O2. The van der Waals surface area contributed by atoms with Crippen LogP contribution >= 0.6 is 0 Å². The molecule has 2 rings (SSSR count). The number of nitrogens with zero attached hydrogens (tertiary/aromatic N) is 1. The first kappa shape index (κ1) is 7.60. The third-order valence-corrected chi connectivity index (χ3v) is 1.77. The summed E-state index contributed by atoms with van der Waals surface area (Å²) in [6.07, 6.45) is 3.42. The van der Waals surface area contributed by atoms with Crippen molar-refractivity contribution in [2.24, 2.45) is 0 Å². The van der Waals surface area contributed by atoms with Gasteiger partial charge in [0, 0.05) is 24.5 Å². The first-order valence-electron chi connectivity index (χ1n) is 3.74. The van der Waals surface area contributed by atoms with Crippen LogP contribution in [0.15, 0.2) is 30.6 Å². The Morgan fingerprint density at radius 3 is 2.54 bits per heavy atom. The fraction of sp³-hybridized carbons (Fsp3) is 0. The SMILES string of the molecule is O=[N+]([O-])c1ccc2c(c1)NC=CN2. The molecule has 2 N–H and O–H groups in total. The highest BCUT2D eigenvalue weighted by atomic mass is 16.6. The summed E-state index contributed by atoms with van der Waals surface area (Å²) < 4.78 is 0. The molecule has 0 saturated heterocycles. The number of fused-ring (bicyclic) bond motifs is 1. The van der Waals surface area contributed by atoms with Crippen LogP contribution in [0.2, 0.25) is 0 Å². The molecule has 1 aromatic rings. The van der Waals surface area contributed by atoms with Gasteiger partial charge in [0.05, 0.1) is 16.3 Å². The molecule has 5 nitrogen and oxygen atoms in total. The molecule has 13 heavy (non-hydrogen) atoms. The van der Waals surface area contributed by atoms with Crippen molar-refractivity contribution in [3.05, 3.63) is 40.7 Å². The van der Waals surface area contributed by atoms with Crippen LogP contribution in [0.5, 0.6) is 0 Å². The van der Waals surface area contributed by atoms with Gasteiger partial charge in [0.15, 0.2) is 0 Å². The number of nitro benzene ring substituents is 1. The second-order valence-electron chi connectivity index (χ2n) is 2.61. The van der Waals surface area contributed by atoms with Crippen LogP contribution in [0.25, 0.3) is 0 Å². The zero-order valence-corrected chi connectivity index (χ0v) is 6.65. The summed E-state index contributed by atoms with van der Waals surface area (Å²) in [5, 5.41) is 16.3. The van der Waals surface area contributed by atoms with Gasteiger partial charge in [0.1, 0.15) is 0 Å². The first-order chi connectivity index (χ1) is 6.27. The van der Waals surface area contributed by atoms with E-state index >= 15 is 0 Å². The summed E-state index contributed by atoms with van der Waals surface area (Å²) in [6, 6.07) is 4.63. The van der Waals surface area contributed by atoms with Gasteiger partial charge in [-0.25, -0.2) is 0 Å². The summed E-state index contributed by atoms with van der Waals surface area (Å²) in [6.45, 7) is 0. The van der Waals surface area contributed by atoms with Gasteiger partial charge >= 0.3 is 0 Å². The molecule has 0 saturated carbocycles. The maximum absolute atomic E-state index is 10.4. The van der Waals surface area contributed by atoms with Crippen LogP contribution in [0.1, 0.15) is 0 Å². The van der Waals surface area contributed by atoms with E-state index < -0.39 is 4.92 Å². The largest absolute Gasteiger partial charge is 0.359 e. The smallest absolute Gasteiger partial charge is 0.271 e. The number of non-ortho nitro benzene ring substituents is 1. The molecule has 0 fully saturated rings. The van der Waals surface area contributed by atoms with E-state index in [1.165, 1.54) is 12.1 Å². The van der Waals surface area contributed by atoms with E-state index in [4.69, 9.17) is 0 Å². The third-order valence-electron chi connectivity index (χ3n) is 1.77. The van der Waals surface area contributed by atoms with Crippen molar-refractivity contribution in [1.29, 1.82) is 0 Å². The fourth-order valence-electron chi connectivity index (χ4n) is 1.15. The highest BCUT2D eigenvalue weighted by Gasteiger charge is 2.10. The van der Waals surface area contributed by atoms with E-state index in [1.807, 2.05) is 0 Å². The average Bonchev–Trinajstić information content (AvgIpc) is 2.17. The minimum atomic E-state index is -0.416. The van der Waals surface area contributed by atoms with E-state index in [2.05, 4.69) is 10.6 Å². The molecule has 0 aliphatic carbocycles. The molecule has 0 radical (unpaired) electrons. The number of anilines is 2. The lowest BCUT2D eigenvalue weighted by Gasteiger charge is -2.12. The van der Waals surface area contributed by atoms with E-state index in [0.717, 1.165) is 11.4 Å². The molecule has 5 heteroatoms. The molecule has 0 spiro atoms. The Bertz CT molecular complexity index is 387. The summed E-state index contributed by atoms with van der Waals surface area (Å²) in [4.78, 5) is 10.0. The number of nitrogens with one attached hydrogen (secondary N) is 2. The Kier molecular flexibility index (Phi) is 1.63. The Hall–Kier alpha value is -2.04. The Balaban J connectivity index is 2.44. The maximum Gasteiger partial charge on any atom is 0.271 e. The highest BCUT2D eigenvalue weighted by Crippen LogP contribution is 2.28. The number of rotatable bonds is 1. The van der Waals surface area contributed by atoms with Crippen LogP contribution in [0.4, 0.5) is 17.1 Å². The van der Waals surface area contributed by atoms with Gasteiger partial charge in [-0.1, -0.05) is 0 Å². The predicted octanol–water partition coefficient (Wildman–Crippen LogP) is 1.90. The summed E-state index contributed by atoms with van der Waals surface area (Å²) in [5.41, 5.74) is 1.65. The topological polar surface area (TPSA) is 67.2 Å². The molecule has 0 amide bonds. The monoisotopic (exact) mass is 177 g/mol. The quantitative estimate of drug-likeness (QED) is 0.507. The van der Waals surface area contributed by atoms with Crippen molar-refractivity contribution in [2.45, 2.75) is 0 Å². The van der Waals surface area contributed by atoms with E-state index in [-0.39, 0.29) is 5.69 Å². The predicted molar refractivity (Wildman–Crippen MR) is 49.5 cm³/mol. The van der Waals surface area contributed by atoms with Gasteiger partial charge in [0.2, 0.25) is 0 Å². The highest BCUT2D eigenvalue weighted by molar-refractivity contribution is 5.75. The van der Waals surface area contributed by atoms with Crippen molar-refractivity contribution in [1.82, 2.24) is 0 Å². The lowest BCUT2D eigenvalue weighted by molar-refractivity contribution is -0.384. The molecule has 1 aliphatic heterocycles. The van der Waals surface area contributed by atoms with Gasteiger partial charge in [-0.2, -0.15) is 0 Å². The molecule has 0 bridgehead atoms. The summed E-state index contributed by atoms with van der Waals surface area (Å²) in [7, 11) is 0. The normalized spacial score (nSPS) is 12.6. The Labute approximate surface area is 74.2 Å². The second-order valence-corrected chi connectivity index (χ2v) is 2.61. The van der Waals surface area contributed by atoms with E-state index in [0.29, 0.717) is 0 Å². The molecule has 0 unspecified atom stereocenters. The number of hydrogen-bond donors (Lipinski definition) is 2. The lowest BCUT2D eigenvalue weighted by atomic mass is 10.2. The van der Waals surface area contributed by atoms with Crippen molar-refractivity contribution < 1.29 is 4.92 Å². The van der Waals surface area contributed by atoms with Gasteiger partial charge in [-0.15, -0.1) is 0 Å². The van der Waals surface area contributed by atoms with Crippen molar-refractivity contribution in [3.63, 3.8) is 0 Å².